The van der Waals surface area contributed by atoms with Crippen LogP contribution in [0.4, 0.5) is 5.69 Å². The van der Waals surface area contributed by atoms with Crippen LogP contribution in [0.25, 0.3) is 0 Å². The van der Waals surface area contributed by atoms with Crippen LogP contribution in [0.3, 0.4) is 0 Å². The molecule has 0 unspecified atom stereocenters. The quantitative estimate of drug-likeness (QED) is 0.923. The van der Waals surface area contributed by atoms with Crippen LogP contribution in [0.5, 0.6) is 0 Å². The number of hydrogen-bond acceptors (Lipinski definition) is 2. The van der Waals surface area contributed by atoms with E-state index in [1.165, 1.54) is 0 Å². The summed E-state index contributed by atoms with van der Waals surface area (Å²) in [5.41, 5.74) is 1.82. The Labute approximate surface area is 146 Å². The van der Waals surface area contributed by atoms with E-state index in [2.05, 4.69) is 5.32 Å². The highest BCUT2D eigenvalue weighted by molar-refractivity contribution is 6.30. The van der Waals surface area contributed by atoms with E-state index in [0.717, 1.165) is 11.3 Å². The maximum absolute atomic E-state index is 12.5. The maximum atomic E-state index is 12.5. The van der Waals surface area contributed by atoms with Gasteiger partial charge in [-0.3, -0.25) is 9.59 Å². The van der Waals surface area contributed by atoms with Crippen molar-refractivity contribution in [3.8, 4) is 0 Å². The SMILES string of the molecule is C[C@@H](NC(=O)[C@H]1CC(=O)N(c2ccc(Cl)cc2)C1)c1ccccc1. The van der Waals surface area contributed by atoms with E-state index in [1.54, 1.807) is 29.2 Å². The number of benzene rings is 2. The summed E-state index contributed by atoms with van der Waals surface area (Å²) >= 11 is 5.88. The smallest absolute Gasteiger partial charge is 0.227 e. The molecule has 0 aliphatic carbocycles. The van der Waals surface area contributed by atoms with Gasteiger partial charge in [0.2, 0.25) is 11.8 Å². The average Bonchev–Trinajstić information content (AvgIpc) is 2.98. The minimum Gasteiger partial charge on any atom is -0.349 e. The molecule has 24 heavy (non-hydrogen) atoms. The summed E-state index contributed by atoms with van der Waals surface area (Å²) in [5.74, 6) is -0.458. The first-order chi connectivity index (χ1) is 11.5. The summed E-state index contributed by atoms with van der Waals surface area (Å²) in [6.07, 6.45) is 0.232. The fourth-order valence-electron chi connectivity index (χ4n) is 2.91. The largest absolute Gasteiger partial charge is 0.349 e. The van der Waals surface area contributed by atoms with E-state index in [4.69, 9.17) is 11.6 Å². The van der Waals surface area contributed by atoms with Gasteiger partial charge in [-0.1, -0.05) is 41.9 Å². The minimum absolute atomic E-state index is 0.0372. The lowest BCUT2D eigenvalue weighted by molar-refractivity contribution is -0.126. The lowest BCUT2D eigenvalue weighted by Gasteiger charge is -2.19. The first-order valence-corrected chi connectivity index (χ1v) is 8.33. The monoisotopic (exact) mass is 342 g/mol. The van der Waals surface area contributed by atoms with Gasteiger partial charge in [-0.25, -0.2) is 0 Å². The van der Waals surface area contributed by atoms with E-state index in [0.29, 0.717) is 11.6 Å². The van der Waals surface area contributed by atoms with Gasteiger partial charge in [0, 0.05) is 23.7 Å². The summed E-state index contributed by atoms with van der Waals surface area (Å²) in [6, 6.07) is 16.8. The topological polar surface area (TPSA) is 49.4 Å². The number of rotatable bonds is 4. The van der Waals surface area contributed by atoms with Crippen molar-refractivity contribution in [2.75, 3.05) is 11.4 Å². The second-order valence-corrected chi connectivity index (χ2v) is 6.46. The number of amides is 2. The Morgan fingerprint density at radius 3 is 2.50 bits per heavy atom. The molecule has 1 N–H and O–H groups in total. The molecule has 3 rings (SSSR count). The molecule has 1 aliphatic heterocycles. The molecule has 5 heteroatoms. The Balaban J connectivity index is 1.64. The first-order valence-electron chi connectivity index (χ1n) is 7.96. The molecule has 1 heterocycles. The normalized spacial score (nSPS) is 18.5. The van der Waals surface area contributed by atoms with Gasteiger partial charge in [-0.15, -0.1) is 0 Å². The molecular formula is C19H19ClN2O2. The minimum atomic E-state index is -0.334. The van der Waals surface area contributed by atoms with Gasteiger partial charge in [0.1, 0.15) is 0 Å². The lowest BCUT2D eigenvalue weighted by atomic mass is 10.1. The molecule has 0 aromatic heterocycles. The molecule has 1 aliphatic rings. The third-order valence-electron chi connectivity index (χ3n) is 4.29. The molecule has 0 saturated carbocycles. The van der Waals surface area contributed by atoms with Gasteiger partial charge < -0.3 is 10.2 Å². The zero-order valence-electron chi connectivity index (χ0n) is 13.4. The number of nitrogens with one attached hydrogen (secondary N) is 1. The molecule has 0 spiro atoms. The van der Waals surface area contributed by atoms with Crippen LogP contribution in [-0.4, -0.2) is 18.4 Å². The molecular weight excluding hydrogens is 324 g/mol. The van der Waals surface area contributed by atoms with Crippen LogP contribution in [0.2, 0.25) is 5.02 Å². The Hall–Kier alpha value is -2.33. The molecule has 2 amide bonds. The van der Waals surface area contributed by atoms with Crippen LogP contribution in [0.1, 0.15) is 24.9 Å². The van der Waals surface area contributed by atoms with Crippen molar-refractivity contribution in [3.63, 3.8) is 0 Å². The van der Waals surface area contributed by atoms with Crippen LogP contribution in [-0.2, 0) is 9.59 Å². The number of anilines is 1. The van der Waals surface area contributed by atoms with Crippen LogP contribution < -0.4 is 10.2 Å². The van der Waals surface area contributed by atoms with E-state index < -0.39 is 0 Å². The standard InChI is InChI=1S/C19H19ClN2O2/c1-13(14-5-3-2-4-6-14)21-19(24)15-11-18(23)22(12-15)17-9-7-16(20)8-10-17/h2-10,13,15H,11-12H2,1H3,(H,21,24)/t13-,15+/m1/s1. The van der Waals surface area contributed by atoms with E-state index in [-0.39, 0.29) is 30.2 Å². The van der Waals surface area contributed by atoms with E-state index in [1.807, 2.05) is 37.3 Å². The molecule has 1 fully saturated rings. The first kappa shape index (κ1) is 16.5. The van der Waals surface area contributed by atoms with E-state index >= 15 is 0 Å². The zero-order chi connectivity index (χ0) is 17.1. The van der Waals surface area contributed by atoms with Crippen LogP contribution in [0.15, 0.2) is 54.6 Å². The van der Waals surface area contributed by atoms with Crippen molar-refractivity contribution >= 4 is 29.1 Å². The molecule has 0 bridgehead atoms. The molecule has 0 radical (unpaired) electrons. The molecule has 4 nitrogen and oxygen atoms in total. The predicted octanol–water partition coefficient (Wildman–Crippen LogP) is 3.57. The van der Waals surface area contributed by atoms with E-state index in [9.17, 15) is 9.59 Å². The molecule has 2 aromatic carbocycles. The molecule has 1 saturated heterocycles. The second kappa shape index (κ2) is 7.05. The Bertz CT molecular complexity index is 731. The summed E-state index contributed by atoms with van der Waals surface area (Å²) in [5, 5.41) is 3.62. The highest BCUT2D eigenvalue weighted by Gasteiger charge is 2.35. The van der Waals surface area contributed by atoms with Gasteiger partial charge in [-0.05, 0) is 36.8 Å². The second-order valence-electron chi connectivity index (χ2n) is 6.02. The third-order valence-corrected chi connectivity index (χ3v) is 4.54. The summed E-state index contributed by atoms with van der Waals surface area (Å²) in [7, 11) is 0. The van der Waals surface area contributed by atoms with Crippen molar-refractivity contribution in [2.24, 2.45) is 5.92 Å². The van der Waals surface area contributed by atoms with Crippen LogP contribution >= 0.6 is 11.6 Å². The fraction of sp³-hybridized carbons (Fsp3) is 0.263. The number of carbonyl (C=O) groups excluding carboxylic acids is 2. The van der Waals surface area contributed by atoms with Crippen molar-refractivity contribution in [1.82, 2.24) is 5.32 Å². The molecule has 2 atom stereocenters. The average molecular weight is 343 g/mol. The molecule has 124 valence electrons. The van der Waals surface area contributed by atoms with Crippen molar-refractivity contribution in [3.05, 3.63) is 65.2 Å². The van der Waals surface area contributed by atoms with Gasteiger partial charge in [0.15, 0.2) is 0 Å². The number of carbonyl (C=O) groups is 2. The predicted molar refractivity (Wildman–Crippen MR) is 94.9 cm³/mol. The van der Waals surface area contributed by atoms with Gasteiger partial charge in [0.25, 0.3) is 0 Å². The lowest BCUT2D eigenvalue weighted by Crippen LogP contribution is -2.34. The Kier molecular flexibility index (Phi) is 4.86. The van der Waals surface area contributed by atoms with Crippen molar-refractivity contribution < 1.29 is 9.59 Å². The highest BCUT2D eigenvalue weighted by atomic mass is 35.5. The Morgan fingerprint density at radius 1 is 1.17 bits per heavy atom. The Morgan fingerprint density at radius 2 is 1.83 bits per heavy atom. The fourth-order valence-corrected chi connectivity index (χ4v) is 3.04. The number of halogens is 1. The van der Waals surface area contributed by atoms with Gasteiger partial charge in [-0.2, -0.15) is 0 Å². The van der Waals surface area contributed by atoms with Crippen molar-refractivity contribution in [1.29, 1.82) is 0 Å². The zero-order valence-corrected chi connectivity index (χ0v) is 14.2. The van der Waals surface area contributed by atoms with Crippen LogP contribution in [0, 0.1) is 5.92 Å². The van der Waals surface area contributed by atoms with Gasteiger partial charge >= 0.3 is 0 Å². The van der Waals surface area contributed by atoms with Crippen molar-refractivity contribution in [2.45, 2.75) is 19.4 Å². The molecule has 2 aromatic rings. The summed E-state index contributed by atoms with van der Waals surface area (Å²) in [6.45, 7) is 2.34. The number of nitrogens with zero attached hydrogens (tertiary/aromatic N) is 1. The maximum Gasteiger partial charge on any atom is 0.227 e. The highest BCUT2D eigenvalue weighted by Crippen LogP contribution is 2.27. The summed E-state index contributed by atoms with van der Waals surface area (Å²) in [4.78, 5) is 26.4. The number of hydrogen-bond donors (Lipinski definition) is 1. The summed E-state index contributed by atoms with van der Waals surface area (Å²) < 4.78 is 0. The van der Waals surface area contributed by atoms with Gasteiger partial charge in [0.05, 0.1) is 12.0 Å². The third kappa shape index (κ3) is 3.60.